The molecule has 0 saturated heterocycles. The van der Waals surface area contributed by atoms with Crippen molar-refractivity contribution in [2.24, 2.45) is 0 Å². The van der Waals surface area contributed by atoms with Crippen LogP contribution in [0.15, 0.2) is 48.5 Å². The van der Waals surface area contributed by atoms with Crippen molar-refractivity contribution < 1.29 is 14.3 Å². The zero-order valence-electron chi connectivity index (χ0n) is 11.1. The van der Waals surface area contributed by atoms with Gasteiger partial charge in [0.2, 0.25) is 0 Å². The Bertz CT molecular complexity index is 576. The fourth-order valence-electron chi connectivity index (χ4n) is 1.77. The van der Waals surface area contributed by atoms with Crippen molar-refractivity contribution in [3.8, 4) is 5.75 Å². The summed E-state index contributed by atoms with van der Waals surface area (Å²) in [6, 6.07) is 14.8. The van der Waals surface area contributed by atoms with Crippen LogP contribution in [0.3, 0.4) is 0 Å². The molecule has 0 aliphatic heterocycles. The van der Waals surface area contributed by atoms with Gasteiger partial charge in [0, 0.05) is 0 Å². The molecule has 0 fully saturated rings. The van der Waals surface area contributed by atoms with E-state index < -0.39 is 0 Å². The number of rotatable bonds is 4. The third-order valence-electron chi connectivity index (χ3n) is 2.76. The molecule has 2 rings (SSSR count). The maximum Gasteiger partial charge on any atom is 0.338 e. The van der Waals surface area contributed by atoms with E-state index in [9.17, 15) is 4.79 Å². The highest BCUT2D eigenvalue weighted by molar-refractivity contribution is 5.89. The first-order valence-corrected chi connectivity index (χ1v) is 6.06. The second kappa shape index (κ2) is 6.05. The van der Waals surface area contributed by atoms with Crippen molar-refractivity contribution >= 4 is 5.97 Å². The number of carbonyl (C=O) groups excluding carboxylic acids is 1. The first-order chi connectivity index (χ1) is 9.19. The van der Waals surface area contributed by atoms with Crippen LogP contribution in [0.1, 0.15) is 21.5 Å². The van der Waals surface area contributed by atoms with Gasteiger partial charge in [0.25, 0.3) is 0 Å². The van der Waals surface area contributed by atoms with Crippen LogP contribution in [0.25, 0.3) is 0 Å². The summed E-state index contributed by atoms with van der Waals surface area (Å²) in [5.41, 5.74) is 2.51. The quantitative estimate of drug-likeness (QED) is 0.787. The van der Waals surface area contributed by atoms with Crippen LogP contribution in [-0.4, -0.2) is 13.1 Å². The van der Waals surface area contributed by atoms with E-state index in [1.807, 2.05) is 49.4 Å². The summed E-state index contributed by atoms with van der Waals surface area (Å²) < 4.78 is 10.4. The molecule has 0 radical (unpaired) electrons. The van der Waals surface area contributed by atoms with Gasteiger partial charge >= 0.3 is 5.97 Å². The van der Waals surface area contributed by atoms with Crippen molar-refractivity contribution in [3.05, 3.63) is 65.2 Å². The number of benzene rings is 2. The number of ether oxygens (including phenoxy) is 2. The zero-order chi connectivity index (χ0) is 13.7. The van der Waals surface area contributed by atoms with Crippen molar-refractivity contribution in [1.29, 1.82) is 0 Å². The van der Waals surface area contributed by atoms with E-state index in [1.165, 1.54) is 0 Å². The predicted molar refractivity (Wildman–Crippen MR) is 73.3 cm³/mol. The van der Waals surface area contributed by atoms with E-state index in [2.05, 4.69) is 0 Å². The minimum atomic E-state index is -0.313. The van der Waals surface area contributed by atoms with Crippen LogP contribution in [0.2, 0.25) is 0 Å². The van der Waals surface area contributed by atoms with Crippen LogP contribution in [-0.2, 0) is 11.3 Å². The summed E-state index contributed by atoms with van der Waals surface area (Å²) in [7, 11) is 1.61. The van der Waals surface area contributed by atoms with Crippen LogP contribution in [0, 0.1) is 6.92 Å². The van der Waals surface area contributed by atoms with Crippen LogP contribution >= 0.6 is 0 Å². The molecule has 0 spiro atoms. The zero-order valence-corrected chi connectivity index (χ0v) is 11.1. The van der Waals surface area contributed by atoms with E-state index in [-0.39, 0.29) is 12.6 Å². The number of methoxy groups -OCH3 is 1. The number of hydrogen-bond acceptors (Lipinski definition) is 3. The number of aryl methyl sites for hydroxylation is 1. The van der Waals surface area contributed by atoms with Gasteiger partial charge in [-0.25, -0.2) is 4.79 Å². The first kappa shape index (κ1) is 13.1. The number of esters is 1. The minimum Gasteiger partial charge on any atom is -0.497 e. The Morgan fingerprint density at radius 1 is 1.11 bits per heavy atom. The van der Waals surface area contributed by atoms with E-state index in [0.29, 0.717) is 5.56 Å². The van der Waals surface area contributed by atoms with Crippen LogP contribution in [0.5, 0.6) is 5.75 Å². The summed E-state index contributed by atoms with van der Waals surface area (Å²) in [6.07, 6.45) is 0. The van der Waals surface area contributed by atoms with Gasteiger partial charge in [0.15, 0.2) is 0 Å². The Morgan fingerprint density at radius 3 is 2.63 bits per heavy atom. The fourth-order valence-corrected chi connectivity index (χ4v) is 1.77. The fraction of sp³-hybridized carbons (Fsp3) is 0.188. The predicted octanol–water partition coefficient (Wildman–Crippen LogP) is 3.36. The second-order valence-corrected chi connectivity index (χ2v) is 4.30. The molecule has 0 bridgehead atoms. The maximum atomic E-state index is 11.9. The Hall–Kier alpha value is -2.29. The third kappa shape index (κ3) is 3.58. The minimum absolute atomic E-state index is 0.240. The molecule has 2 aromatic carbocycles. The van der Waals surface area contributed by atoms with E-state index in [1.54, 1.807) is 13.2 Å². The van der Waals surface area contributed by atoms with Crippen molar-refractivity contribution in [2.75, 3.05) is 7.11 Å². The Balaban J connectivity index is 2.00. The van der Waals surface area contributed by atoms with Crippen molar-refractivity contribution in [1.82, 2.24) is 0 Å². The third-order valence-corrected chi connectivity index (χ3v) is 2.76. The molecule has 3 nitrogen and oxygen atoms in total. The van der Waals surface area contributed by atoms with Crippen LogP contribution < -0.4 is 4.74 Å². The molecular formula is C16H16O3. The van der Waals surface area contributed by atoms with Crippen molar-refractivity contribution in [3.63, 3.8) is 0 Å². The Morgan fingerprint density at radius 2 is 1.89 bits per heavy atom. The summed E-state index contributed by atoms with van der Waals surface area (Å²) in [5, 5.41) is 0. The molecule has 0 atom stereocenters. The van der Waals surface area contributed by atoms with Gasteiger partial charge in [-0.15, -0.1) is 0 Å². The summed E-state index contributed by atoms with van der Waals surface area (Å²) in [6.45, 7) is 2.18. The lowest BCUT2D eigenvalue weighted by Crippen LogP contribution is -2.05. The van der Waals surface area contributed by atoms with Gasteiger partial charge in [-0.05, 0) is 36.8 Å². The van der Waals surface area contributed by atoms with Crippen molar-refractivity contribution in [2.45, 2.75) is 13.5 Å². The van der Waals surface area contributed by atoms with Gasteiger partial charge < -0.3 is 9.47 Å². The Kier molecular flexibility index (Phi) is 4.18. The number of hydrogen-bond donors (Lipinski definition) is 0. The second-order valence-electron chi connectivity index (χ2n) is 4.30. The highest BCUT2D eigenvalue weighted by atomic mass is 16.5. The molecule has 2 aromatic rings. The smallest absolute Gasteiger partial charge is 0.338 e. The molecule has 0 N–H and O–H groups in total. The molecule has 19 heavy (non-hydrogen) atoms. The van der Waals surface area contributed by atoms with Gasteiger partial charge in [-0.3, -0.25) is 0 Å². The molecule has 0 saturated carbocycles. The molecule has 0 heterocycles. The molecule has 0 aromatic heterocycles. The Labute approximate surface area is 112 Å². The molecule has 0 aliphatic rings. The van der Waals surface area contributed by atoms with Gasteiger partial charge in [-0.1, -0.05) is 29.8 Å². The lowest BCUT2D eigenvalue weighted by atomic mass is 10.1. The highest BCUT2D eigenvalue weighted by Gasteiger charge is 2.07. The first-order valence-electron chi connectivity index (χ1n) is 6.06. The highest BCUT2D eigenvalue weighted by Crippen LogP contribution is 2.14. The normalized spacial score (nSPS) is 10.0. The van der Waals surface area contributed by atoms with Crippen LogP contribution in [0.4, 0.5) is 0 Å². The molecule has 3 heteroatoms. The standard InChI is InChI=1S/C16H16O3/c1-12-5-3-7-14(9-12)16(17)19-11-13-6-4-8-15(10-13)18-2/h3-10H,11H2,1-2H3. The van der Waals surface area contributed by atoms with Gasteiger partial charge in [0.1, 0.15) is 12.4 Å². The monoisotopic (exact) mass is 256 g/mol. The molecule has 0 amide bonds. The molecule has 0 unspecified atom stereocenters. The van der Waals surface area contributed by atoms with E-state index in [0.717, 1.165) is 16.9 Å². The summed E-state index contributed by atoms with van der Waals surface area (Å²) in [4.78, 5) is 11.9. The lowest BCUT2D eigenvalue weighted by molar-refractivity contribution is 0.0472. The van der Waals surface area contributed by atoms with E-state index >= 15 is 0 Å². The number of carbonyl (C=O) groups is 1. The van der Waals surface area contributed by atoms with Gasteiger partial charge in [-0.2, -0.15) is 0 Å². The lowest BCUT2D eigenvalue weighted by Gasteiger charge is -2.07. The summed E-state index contributed by atoms with van der Waals surface area (Å²) >= 11 is 0. The SMILES string of the molecule is COc1cccc(COC(=O)c2cccc(C)c2)c1. The summed E-state index contributed by atoms with van der Waals surface area (Å²) in [5.74, 6) is 0.440. The largest absolute Gasteiger partial charge is 0.497 e. The average molecular weight is 256 g/mol. The molecular weight excluding hydrogens is 240 g/mol. The maximum absolute atomic E-state index is 11.9. The average Bonchev–Trinajstić information content (AvgIpc) is 2.45. The van der Waals surface area contributed by atoms with Gasteiger partial charge in [0.05, 0.1) is 12.7 Å². The molecule has 0 aliphatic carbocycles. The topological polar surface area (TPSA) is 35.5 Å². The molecule has 98 valence electrons. The van der Waals surface area contributed by atoms with E-state index in [4.69, 9.17) is 9.47 Å².